The van der Waals surface area contributed by atoms with E-state index in [2.05, 4.69) is 15.2 Å². The van der Waals surface area contributed by atoms with Crippen LogP contribution in [-0.4, -0.2) is 37.2 Å². The van der Waals surface area contributed by atoms with Crippen molar-refractivity contribution >= 4 is 17.4 Å². The lowest BCUT2D eigenvalue weighted by Gasteiger charge is -2.28. The van der Waals surface area contributed by atoms with E-state index in [0.717, 1.165) is 32.0 Å². The van der Waals surface area contributed by atoms with Gasteiger partial charge in [0, 0.05) is 19.5 Å². The van der Waals surface area contributed by atoms with Gasteiger partial charge < -0.3 is 15.0 Å². The summed E-state index contributed by atoms with van der Waals surface area (Å²) < 4.78 is 5.32. The second kappa shape index (κ2) is 6.22. The monoisotopic (exact) mass is 277 g/mol. The summed E-state index contributed by atoms with van der Waals surface area (Å²) >= 11 is 0. The lowest BCUT2D eigenvalue weighted by atomic mass is 9.92. The molecule has 2 heterocycles. The molecule has 5 heteroatoms. The van der Waals surface area contributed by atoms with E-state index in [9.17, 15) is 4.79 Å². The number of morpholine rings is 1. The number of pyridine rings is 1. The molecule has 1 fully saturated rings. The molecule has 1 aliphatic rings. The van der Waals surface area contributed by atoms with Crippen LogP contribution >= 0.6 is 0 Å². The summed E-state index contributed by atoms with van der Waals surface area (Å²) in [5.41, 5.74) is 1.06. The summed E-state index contributed by atoms with van der Waals surface area (Å²) in [5, 5.41) is 2.84. The van der Waals surface area contributed by atoms with Crippen molar-refractivity contribution in [2.24, 2.45) is 5.41 Å². The van der Waals surface area contributed by atoms with Gasteiger partial charge in [0.15, 0.2) is 0 Å². The third kappa shape index (κ3) is 4.49. The molecule has 0 saturated carbocycles. The Kier molecular flexibility index (Phi) is 4.60. The van der Waals surface area contributed by atoms with E-state index in [0.29, 0.717) is 12.2 Å². The molecule has 1 amide bonds. The number of aromatic nitrogens is 1. The Morgan fingerprint density at radius 1 is 1.35 bits per heavy atom. The van der Waals surface area contributed by atoms with Crippen LogP contribution in [0.15, 0.2) is 18.3 Å². The minimum atomic E-state index is -0.0160. The number of anilines is 2. The van der Waals surface area contributed by atoms with Crippen LogP contribution in [0.2, 0.25) is 0 Å². The molecule has 0 atom stereocenters. The van der Waals surface area contributed by atoms with Gasteiger partial charge in [0.25, 0.3) is 0 Å². The van der Waals surface area contributed by atoms with Gasteiger partial charge in [0.05, 0.1) is 25.1 Å². The predicted molar refractivity (Wildman–Crippen MR) is 80.0 cm³/mol. The van der Waals surface area contributed by atoms with E-state index in [1.165, 1.54) is 0 Å². The van der Waals surface area contributed by atoms with E-state index in [1.54, 1.807) is 6.20 Å². The molecular formula is C15H23N3O2. The fourth-order valence-corrected chi connectivity index (χ4v) is 2.14. The van der Waals surface area contributed by atoms with E-state index >= 15 is 0 Å². The van der Waals surface area contributed by atoms with E-state index in [1.807, 2.05) is 32.9 Å². The highest BCUT2D eigenvalue weighted by Crippen LogP contribution is 2.20. The third-order valence-corrected chi connectivity index (χ3v) is 3.08. The van der Waals surface area contributed by atoms with Crippen molar-refractivity contribution in [3.8, 4) is 0 Å². The molecule has 1 N–H and O–H groups in total. The van der Waals surface area contributed by atoms with Crippen LogP contribution in [0.25, 0.3) is 0 Å². The Labute approximate surface area is 120 Å². The minimum absolute atomic E-state index is 0.00382. The first-order chi connectivity index (χ1) is 9.44. The number of rotatable bonds is 3. The van der Waals surface area contributed by atoms with Gasteiger partial charge in [-0.05, 0) is 17.5 Å². The van der Waals surface area contributed by atoms with Crippen molar-refractivity contribution in [2.45, 2.75) is 27.2 Å². The summed E-state index contributed by atoms with van der Waals surface area (Å²) in [6.07, 6.45) is 2.29. The zero-order valence-corrected chi connectivity index (χ0v) is 12.5. The van der Waals surface area contributed by atoms with Crippen molar-refractivity contribution in [3.63, 3.8) is 0 Å². The maximum atomic E-state index is 11.8. The van der Waals surface area contributed by atoms with Crippen molar-refractivity contribution in [2.75, 3.05) is 36.5 Å². The third-order valence-electron chi connectivity index (χ3n) is 3.08. The zero-order chi connectivity index (χ0) is 14.6. The first kappa shape index (κ1) is 14.8. The number of carbonyl (C=O) groups excluding carboxylic acids is 1. The Morgan fingerprint density at radius 3 is 2.60 bits per heavy atom. The predicted octanol–water partition coefficient (Wildman–Crippen LogP) is 2.29. The first-order valence-corrected chi connectivity index (χ1v) is 7.03. The Balaban J connectivity index is 1.92. The van der Waals surface area contributed by atoms with Crippen LogP contribution in [0, 0.1) is 5.41 Å². The van der Waals surface area contributed by atoms with Crippen molar-refractivity contribution in [1.29, 1.82) is 0 Å². The summed E-state index contributed by atoms with van der Waals surface area (Å²) in [4.78, 5) is 18.4. The number of hydrogen-bond acceptors (Lipinski definition) is 4. The van der Waals surface area contributed by atoms with E-state index < -0.39 is 0 Å². The van der Waals surface area contributed by atoms with Gasteiger partial charge in [-0.1, -0.05) is 20.8 Å². The Bertz CT molecular complexity index is 445. The van der Waals surface area contributed by atoms with E-state index in [4.69, 9.17) is 4.74 Å². The minimum Gasteiger partial charge on any atom is -0.378 e. The average molecular weight is 277 g/mol. The maximum Gasteiger partial charge on any atom is 0.226 e. The van der Waals surface area contributed by atoms with Crippen LogP contribution < -0.4 is 10.2 Å². The second-order valence-corrected chi connectivity index (χ2v) is 6.29. The van der Waals surface area contributed by atoms with Crippen molar-refractivity contribution in [1.82, 2.24) is 4.98 Å². The average Bonchev–Trinajstić information content (AvgIpc) is 2.38. The molecule has 0 aromatic carbocycles. The Hall–Kier alpha value is -1.62. The van der Waals surface area contributed by atoms with Gasteiger partial charge in [-0.2, -0.15) is 0 Å². The van der Waals surface area contributed by atoms with Gasteiger partial charge in [-0.15, -0.1) is 0 Å². The van der Waals surface area contributed by atoms with Crippen LogP contribution in [0.4, 0.5) is 11.5 Å². The molecule has 0 aliphatic carbocycles. The van der Waals surface area contributed by atoms with Crippen molar-refractivity contribution < 1.29 is 9.53 Å². The fourth-order valence-electron chi connectivity index (χ4n) is 2.14. The van der Waals surface area contributed by atoms with E-state index in [-0.39, 0.29) is 11.3 Å². The molecule has 1 aromatic rings. The number of nitrogens with zero attached hydrogens (tertiary/aromatic N) is 2. The van der Waals surface area contributed by atoms with Gasteiger partial charge in [-0.3, -0.25) is 4.79 Å². The molecule has 1 saturated heterocycles. The van der Waals surface area contributed by atoms with Crippen molar-refractivity contribution in [3.05, 3.63) is 18.3 Å². The molecule has 2 rings (SSSR count). The van der Waals surface area contributed by atoms with Crippen LogP contribution in [0.1, 0.15) is 27.2 Å². The molecule has 1 aromatic heterocycles. The molecule has 0 spiro atoms. The Morgan fingerprint density at radius 2 is 2.05 bits per heavy atom. The smallest absolute Gasteiger partial charge is 0.226 e. The highest BCUT2D eigenvalue weighted by Gasteiger charge is 2.16. The van der Waals surface area contributed by atoms with Crippen LogP contribution in [-0.2, 0) is 9.53 Å². The van der Waals surface area contributed by atoms with Gasteiger partial charge >= 0.3 is 0 Å². The second-order valence-electron chi connectivity index (χ2n) is 6.29. The summed E-state index contributed by atoms with van der Waals surface area (Å²) in [6.45, 7) is 9.41. The number of hydrogen-bond donors (Lipinski definition) is 1. The van der Waals surface area contributed by atoms with Gasteiger partial charge in [0.2, 0.25) is 5.91 Å². The summed E-state index contributed by atoms with van der Waals surface area (Å²) in [6, 6.07) is 3.84. The van der Waals surface area contributed by atoms with Crippen LogP contribution in [0.3, 0.4) is 0 Å². The number of carbonyl (C=O) groups is 1. The molecule has 0 radical (unpaired) electrons. The number of amides is 1. The first-order valence-electron chi connectivity index (χ1n) is 7.03. The lowest BCUT2D eigenvalue weighted by molar-refractivity contribution is -0.117. The van der Waals surface area contributed by atoms with Gasteiger partial charge in [-0.25, -0.2) is 4.98 Å². The molecule has 0 unspecified atom stereocenters. The number of nitrogens with one attached hydrogen (secondary N) is 1. The standard InChI is InChI=1S/C15H23N3O2/c1-15(2,3)10-14(19)17-13-5-4-12(11-16-13)18-6-8-20-9-7-18/h4-5,11H,6-10H2,1-3H3,(H,16,17,19). The summed E-state index contributed by atoms with van der Waals surface area (Å²) in [5.74, 6) is 0.611. The molecular weight excluding hydrogens is 254 g/mol. The fraction of sp³-hybridized carbons (Fsp3) is 0.600. The largest absolute Gasteiger partial charge is 0.378 e. The maximum absolute atomic E-state index is 11.8. The highest BCUT2D eigenvalue weighted by molar-refractivity contribution is 5.90. The molecule has 0 bridgehead atoms. The molecule has 1 aliphatic heterocycles. The van der Waals surface area contributed by atoms with Crippen LogP contribution in [0.5, 0.6) is 0 Å². The lowest BCUT2D eigenvalue weighted by Crippen LogP contribution is -2.36. The topological polar surface area (TPSA) is 54.5 Å². The molecule has 20 heavy (non-hydrogen) atoms. The SMILES string of the molecule is CC(C)(C)CC(=O)Nc1ccc(N2CCOCC2)cn1. The quantitative estimate of drug-likeness (QED) is 0.921. The molecule has 5 nitrogen and oxygen atoms in total. The van der Waals surface area contributed by atoms with Gasteiger partial charge in [0.1, 0.15) is 5.82 Å². The zero-order valence-electron chi connectivity index (χ0n) is 12.5. The number of ether oxygens (including phenoxy) is 1. The summed E-state index contributed by atoms with van der Waals surface area (Å²) in [7, 11) is 0. The molecule has 110 valence electrons. The highest BCUT2D eigenvalue weighted by atomic mass is 16.5. The normalized spacial score (nSPS) is 16.1.